The molecule has 3 nitrogen and oxygen atoms in total. The molecule has 0 amide bonds. The second-order valence-electron chi connectivity index (χ2n) is 6.43. The van der Waals surface area contributed by atoms with Gasteiger partial charge in [0, 0.05) is 18.9 Å². The Hall–Kier alpha value is -0.410. The normalized spacial score (nSPS) is 26.9. The van der Waals surface area contributed by atoms with Gasteiger partial charge in [-0.15, -0.1) is 0 Å². The Morgan fingerprint density at radius 3 is 2.79 bits per heavy atom. The zero-order valence-corrected chi connectivity index (χ0v) is 12.3. The van der Waals surface area contributed by atoms with E-state index in [1.807, 2.05) is 0 Å². The third-order valence-electron chi connectivity index (χ3n) is 5.16. The van der Waals surface area contributed by atoms with Crippen molar-refractivity contribution in [2.75, 3.05) is 13.2 Å². The molecule has 2 aliphatic rings. The standard InChI is InChI=1S/C16H29NO2/c1-2-13(6-10-17)4-5-15(18)14-7-11-19-16(12-14)8-3-9-16/h13-14H,2-12,17H2,1H3. The molecule has 1 saturated heterocycles. The van der Waals surface area contributed by atoms with E-state index in [0.717, 1.165) is 51.7 Å². The zero-order valence-electron chi connectivity index (χ0n) is 12.3. The van der Waals surface area contributed by atoms with Crippen LogP contribution < -0.4 is 5.73 Å². The summed E-state index contributed by atoms with van der Waals surface area (Å²) in [6.45, 7) is 3.73. The van der Waals surface area contributed by atoms with Gasteiger partial charge in [0.25, 0.3) is 0 Å². The molecule has 1 saturated carbocycles. The third kappa shape index (κ3) is 3.79. The van der Waals surface area contributed by atoms with Crippen LogP contribution in [0.4, 0.5) is 0 Å². The van der Waals surface area contributed by atoms with Crippen LogP contribution in [-0.4, -0.2) is 24.5 Å². The van der Waals surface area contributed by atoms with E-state index >= 15 is 0 Å². The van der Waals surface area contributed by atoms with Gasteiger partial charge in [-0.25, -0.2) is 0 Å². The molecule has 2 rings (SSSR count). The van der Waals surface area contributed by atoms with Gasteiger partial charge in [0.2, 0.25) is 0 Å². The first kappa shape index (κ1) is 15.0. The van der Waals surface area contributed by atoms with Crippen LogP contribution >= 0.6 is 0 Å². The lowest BCUT2D eigenvalue weighted by molar-refractivity contribution is -0.155. The monoisotopic (exact) mass is 267 g/mol. The van der Waals surface area contributed by atoms with Crippen molar-refractivity contribution < 1.29 is 9.53 Å². The van der Waals surface area contributed by atoms with E-state index < -0.39 is 0 Å². The molecule has 0 bridgehead atoms. The maximum absolute atomic E-state index is 12.4. The van der Waals surface area contributed by atoms with Crippen molar-refractivity contribution in [2.24, 2.45) is 17.6 Å². The molecular weight excluding hydrogens is 238 g/mol. The second kappa shape index (κ2) is 6.85. The van der Waals surface area contributed by atoms with E-state index in [0.29, 0.717) is 11.7 Å². The van der Waals surface area contributed by atoms with Gasteiger partial charge in [0.1, 0.15) is 5.78 Å². The molecule has 3 heteroatoms. The Balaban J connectivity index is 1.76. The summed E-state index contributed by atoms with van der Waals surface area (Å²) in [4.78, 5) is 12.4. The Labute approximate surface area is 117 Å². The van der Waals surface area contributed by atoms with E-state index in [4.69, 9.17) is 10.5 Å². The van der Waals surface area contributed by atoms with Crippen LogP contribution in [0, 0.1) is 11.8 Å². The highest BCUT2D eigenvalue weighted by atomic mass is 16.5. The topological polar surface area (TPSA) is 52.3 Å². The van der Waals surface area contributed by atoms with Gasteiger partial charge in [-0.1, -0.05) is 13.3 Å². The summed E-state index contributed by atoms with van der Waals surface area (Å²) < 4.78 is 5.90. The maximum Gasteiger partial charge on any atom is 0.136 e. The highest BCUT2D eigenvalue weighted by Gasteiger charge is 2.43. The van der Waals surface area contributed by atoms with Gasteiger partial charge in [-0.05, 0) is 57.4 Å². The fourth-order valence-corrected chi connectivity index (χ4v) is 3.56. The van der Waals surface area contributed by atoms with Crippen LogP contribution in [0.25, 0.3) is 0 Å². The lowest BCUT2D eigenvalue weighted by Gasteiger charge is -2.46. The molecule has 2 unspecified atom stereocenters. The van der Waals surface area contributed by atoms with Crippen molar-refractivity contribution in [2.45, 2.75) is 70.3 Å². The van der Waals surface area contributed by atoms with Gasteiger partial charge in [-0.2, -0.15) is 0 Å². The van der Waals surface area contributed by atoms with Crippen molar-refractivity contribution >= 4 is 5.78 Å². The van der Waals surface area contributed by atoms with Crippen molar-refractivity contribution in [3.63, 3.8) is 0 Å². The van der Waals surface area contributed by atoms with Crippen molar-refractivity contribution in [1.82, 2.24) is 0 Å². The maximum atomic E-state index is 12.4. The summed E-state index contributed by atoms with van der Waals surface area (Å²) in [6.07, 6.45) is 9.51. The molecule has 1 spiro atoms. The minimum absolute atomic E-state index is 0.0972. The minimum Gasteiger partial charge on any atom is -0.375 e. The van der Waals surface area contributed by atoms with E-state index in [-0.39, 0.29) is 11.5 Å². The zero-order chi connectivity index (χ0) is 13.7. The lowest BCUT2D eigenvalue weighted by atomic mass is 9.70. The Morgan fingerprint density at radius 2 is 2.21 bits per heavy atom. The molecule has 1 heterocycles. The molecular formula is C16H29NO2. The van der Waals surface area contributed by atoms with Gasteiger partial charge >= 0.3 is 0 Å². The molecule has 2 N–H and O–H groups in total. The van der Waals surface area contributed by atoms with Gasteiger partial charge in [0.05, 0.1) is 5.60 Å². The molecule has 110 valence electrons. The molecule has 19 heavy (non-hydrogen) atoms. The number of carbonyl (C=O) groups excluding carboxylic acids is 1. The second-order valence-corrected chi connectivity index (χ2v) is 6.43. The Bertz CT molecular complexity index is 299. The molecule has 2 fully saturated rings. The van der Waals surface area contributed by atoms with Crippen LogP contribution in [0.15, 0.2) is 0 Å². The van der Waals surface area contributed by atoms with Crippen LogP contribution in [0.2, 0.25) is 0 Å². The minimum atomic E-state index is 0.0972. The van der Waals surface area contributed by atoms with E-state index in [1.165, 1.54) is 19.3 Å². The summed E-state index contributed by atoms with van der Waals surface area (Å²) in [7, 11) is 0. The SMILES string of the molecule is CCC(CCN)CCC(=O)C1CCOC2(CCC2)C1. The third-order valence-corrected chi connectivity index (χ3v) is 5.16. The Morgan fingerprint density at radius 1 is 1.42 bits per heavy atom. The number of hydrogen-bond donors (Lipinski definition) is 1. The first-order valence-electron chi connectivity index (χ1n) is 8.06. The van der Waals surface area contributed by atoms with Gasteiger partial charge in [0.15, 0.2) is 0 Å². The number of Topliss-reactive ketones (excluding diaryl/α,β-unsaturated/α-hetero) is 1. The van der Waals surface area contributed by atoms with Crippen molar-refractivity contribution in [3.05, 3.63) is 0 Å². The smallest absolute Gasteiger partial charge is 0.136 e. The summed E-state index contributed by atoms with van der Waals surface area (Å²) >= 11 is 0. The molecule has 2 atom stereocenters. The largest absolute Gasteiger partial charge is 0.375 e. The molecule has 0 aromatic rings. The van der Waals surface area contributed by atoms with Gasteiger partial charge in [-0.3, -0.25) is 4.79 Å². The number of carbonyl (C=O) groups is 1. The summed E-state index contributed by atoms with van der Waals surface area (Å²) in [5, 5.41) is 0. The summed E-state index contributed by atoms with van der Waals surface area (Å²) in [5.41, 5.74) is 5.71. The average molecular weight is 267 g/mol. The molecule has 1 aliphatic heterocycles. The molecule has 0 aromatic carbocycles. The quantitative estimate of drug-likeness (QED) is 0.771. The summed E-state index contributed by atoms with van der Waals surface area (Å²) in [5.74, 6) is 1.38. The first-order chi connectivity index (χ1) is 9.19. The van der Waals surface area contributed by atoms with Crippen LogP contribution in [0.5, 0.6) is 0 Å². The number of hydrogen-bond acceptors (Lipinski definition) is 3. The number of rotatable bonds is 7. The summed E-state index contributed by atoms with van der Waals surface area (Å²) in [6, 6.07) is 0. The molecule has 0 aromatic heterocycles. The Kier molecular flexibility index (Phi) is 5.40. The number of ketones is 1. The predicted molar refractivity (Wildman–Crippen MR) is 77.0 cm³/mol. The molecule has 1 aliphatic carbocycles. The van der Waals surface area contributed by atoms with E-state index in [9.17, 15) is 4.79 Å². The fourth-order valence-electron chi connectivity index (χ4n) is 3.56. The number of nitrogens with two attached hydrogens (primary N) is 1. The number of ether oxygens (including phenoxy) is 1. The van der Waals surface area contributed by atoms with E-state index in [1.54, 1.807) is 0 Å². The van der Waals surface area contributed by atoms with Crippen LogP contribution in [0.3, 0.4) is 0 Å². The molecule has 0 radical (unpaired) electrons. The highest BCUT2D eigenvalue weighted by molar-refractivity contribution is 5.81. The first-order valence-corrected chi connectivity index (χ1v) is 8.06. The average Bonchev–Trinajstić information content (AvgIpc) is 2.41. The fraction of sp³-hybridized carbons (Fsp3) is 0.938. The van der Waals surface area contributed by atoms with Crippen LogP contribution in [-0.2, 0) is 9.53 Å². The van der Waals surface area contributed by atoms with Crippen molar-refractivity contribution in [1.29, 1.82) is 0 Å². The highest BCUT2D eigenvalue weighted by Crippen LogP contribution is 2.44. The van der Waals surface area contributed by atoms with Crippen molar-refractivity contribution in [3.8, 4) is 0 Å². The van der Waals surface area contributed by atoms with E-state index in [2.05, 4.69) is 6.92 Å². The van der Waals surface area contributed by atoms with Crippen LogP contribution in [0.1, 0.15) is 64.7 Å². The predicted octanol–water partition coefficient (Wildman–Crippen LogP) is 3.06. The van der Waals surface area contributed by atoms with Gasteiger partial charge < -0.3 is 10.5 Å². The lowest BCUT2D eigenvalue weighted by Crippen LogP contribution is -2.47.